The largest absolute Gasteiger partial charge is 0.352 e. The maximum Gasteiger partial charge on any atom is 0.254 e. The van der Waals surface area contributed by atoms with Crippen LogP contribution in [0.15, 0.2) is 6.20 Å². The Hall–Kier alpha value is -1.03. The van der Waals surface area contributed by atoms with E-state index in [1.165, 1.54) is 25.7 Å². The molecule has 1 saturated carbocycles. The normalized spacial score (nSPS) is 23.3. The molecule has 19 heavy (non-hydrogen) atoms. The quantitative estimate of drug-likeness (QED) is 0.863. The molecule has 2 rings (SSSR count). The summed E-state index contributed by atoms with van der Waals surface area (Å²) in [6.45, 7) is 2.63. The minimum absolute atomic E-state index is 0.0236. The standard InChI is InChI=1S/C14H22ClN3O/c1-10-13(9-17-18(10)2)14(19)16-8-12-6-4-3-5-11(12)7-15/h9,11-12H,3-8H2,1-2H3,(H,16,19). The molecule has 4 nitrogen and oxygen atoms in total. The van der Waals surface area contributed by atoms with Crippen LogP contribution in [-0.4, -0.2) is 28.1 Å². The molecule has 106 valence electrons. The van der Waals surface area contributed by atoms with Gasteiger partial charge in [0, 0.05) is 25.2 Å². The van der Waals surface area contributed by atoms with E-state index >= 15 is 0 Å². The molecule has 1 N–H and O–H groups in total. The van der Waals surface area contributed by atoms with Gasteiger partial charge >= 0.3 is 0 Å². The van der Waals surface area contributed by atoms with Crippen molar-refractivity contribution in [1.29, 1.82) is 0 Å². The monoisotopic (exact) mass is 283 g/mol. The third-order valence-electron chi connectivity index (χ3n) is 4.27. The maximum atomic E-state index is 12.1. The number of aryl methyl sites for hydroxylation is 1. The molecule has 1 aromatic heterocycles. The number of halogens is 1. The fraction of sp³-hybridized carbons (Fsp3) is 0.714. The van der Waals surface area contributed by atoms with Gasteiger partial charge in [0.05, 0.1) is 11.8 Å². The molecule has 0 spiro atoms. The lowest BCUT2D eigenvalue weighted by Crippen LogP contribution is -2.35. The molecule has 1 fully saturated rings. The summed E-state index contributed by atoms with van der Waals surface area (Å²) in [5.41, 5.74) is 1.57. The number of hydrogen-bond donors (Lipinski definition) is 1. The second kappa shape index (κ2) is 6.42. The first kappa shape index (κ1) is 14.4. The molecule has 0 radical (unpaired) electrons. The SMILES string of the molecule is Cc1c(C(=O)NCC2CCCCC2CCl)cnn1C. The number of alkyl halides is 1. The Morgan fingerprint density at radius 2 is 2.16 bits per heavy atom. The predicted octanol–water partition coefficient (Wildman–Crippen LogP) is 2.50. The van der Waals surface area contributed by atoms with Gasteiger partial charge in [0.2, 0.25) is 0 Å². The highest BCUT2D eigenvalue weighted by Gasteiger charge is 2.25. The van der Waals surface area contributed by atoms with Gasteiger partial charge in [0.25, 0.3) is 5.91 Å². The van der Waals surface area contributed by atoms with Gasteiger partial charge in [0.15, 0.2) is 0 Å². The summed E-state index contributed by atoms with van der Waals surface area (Å²) in [7, 11) is 1.84. The van der Waals surface area contributed by atoms with E-state index in [2.05, 4.69) is 10.4 Å². The lowest BCUT2D eigenvalue weighted by Gasteiger charge is -2.30. The maximum absolute atomic E-state index is 12.1. The van der Waals surface area contributed by atoms with Crippen LogP contribution in [0.1, 0.15) is 41.7 Å². The zero-order valence-corrected chi connectivity index (χ0v) is 12.4. The number of carbonyl (C=O) groups is 1. The molecule has 1 aliphatic rings. The van der Waals surface area contributed by atoms with E-state index in [1.54, 1.807) is 10.9 Å². The average molecular weight is 284 g/mol. The van der Waals surface area contributed by atoms with Crippen molar-refractivity contribution in [3.05, 3.63) is 17.5 Å². The fourth-order valence-corrected chi connectivity index (χ4v) is 3.20. The number of nitrogens with zero attached hydrogens (tertiary/aromatic N) is 2. The Kier molecular flexibility index (Phi) is 4.86. The molecule has 0 aromatic carbocycles. The molecular weight excluding hydrogens is 262 g/mol. The van der Waals surface area contributed by atoms with Crippen LogP contribution in [0.3, 0.4) is 0 Å². The van der Waals surface area contributed by atoms with Gasteiger partial charge < -0.3 is 5.32 Å². The van der Waals surface area contributed by atoms with E-state index in [1.807, 2.05) is 14.0 Å². The minimum Gasteiger partial charge on any atom is -0.352 e. The van der Waals surface area contributed by atoms with Crippen molar-refractivity contribution in [2.75, 3.05) is 12.4 Å². The van der Waals surface area contributed by atoms with Crippen LogP contribution in [0.5, 0.6) is 0 Å². The second-order valence-corrected chi connectivity index (χ2v) is 5.74. The topological polar surface area (TPSA) is 46.9 Å². The van der Waals surface area contributed by atoms with Gasteiger partial charge in [0.1, 0.15) is 0 Å². The van der Waals surface area contributed by atoms with Crippen LogP contribution in [0.4, 0.5) is 0 Å². The van der Waals surface area contributed by atoms with Crippen molar-refractivity contribution in [2.45, 2.75) is 32.6 Å². The van der Waals surface area contributed by atoms with Crippen molar-refractivity contribution >= 4 is 17.5 Å². The Balaban J connectivity index is 1.91. The van der Waals surface area contributed by atoms with Crippen LogP contribution in [-0.2, 0) is 7.05 Å². The molecule has 2 atom stereocenters. The summed E-state index contributed by atoms with van der Waals surface area (Å²) in [6, 6.07) is 0. The Morgan fingerprint density at radius 3 is 2.74 bits per heavy atom. The summed E-state index contributed by atoms with van der Waals surface area (Å²) >= 11 is 6.01. The number of rotatable bonds is 4. The van der Waals surface area contributed by atoms with Crippen LogP contribution >= 0.6 is 11.6 Å². The smallest absolute Gasteiger partial charge is 0.254 e. The summed E-state index contributed by atoms with van der Waals surface area (Å²) < 4.78 is 1.72. The molecular formula is C14H22ClN3O. The summed E-state index contributed by atoms with van der Waals surface area (Å²) in [4.78, 5) is 12.1. The van der Waals surface area contributed by atoms with E-state index < -0.39 is 0 Å². The van der Waals surface area contributed by atoms with Gasteiger partial charge in [-0.15, -0.1) is 11.6 Å². The van der Waals surface area contributed by atoms with Crippen molar-refractivity contribution in [1.82, 2.24) is 15.1 Å². The molecule has 1 aromatic rings. The summed E-state index contributed by atoms with van der Waals surface area (Å²) in [6.07, 6.45) is 6.51. The highest BCUT2D eigenvalue weighted by Crippen LogP contribution is 2.30. The molecule has 1 heterocycles. The fourth-order valence-electron chi connectivity index (χ4n) is 2.80. The first-order valence-corrected chi connectivity index (χ1v) is 7.49. The highest BCUT2D eigenvalue weighted by molar-refractivity contribution is 6.18. The second-order valence-electron chi connectivity index (χ2n) is 5.44. The Bertz CT molecular complexity index is 444. The molecule has 5 heteroatoms. The first-order chi connectivity index (χ1) is 9.13. The predicted molar refractivity (Wildman–Crippen MR) is 76.4 cm³/mol. The first-order valence-electron chi connectivity index (χ1n) is 6.96. The summed E-state index contributed by atoms with van der Waals surface area (Å²) in [5, 5.41) is 7.13. The third-order valence-corrected chi connectivity index (χ3v) is 4.67. The number of aromatic nitrogens is 2. The van der Waals surface area contributed by atoms with E-state index in [-0.39, 0.29) is 5.91 Å². The van der Waals surface area contributed by atoms with E-state index in [4.69, 9.17) is 11.6 Å². The van der Waals surface area contributed by atoms with Gasteiger partial charge in [-0.3, -0.25) is 9.48 Å². The number of carbonyl (C=O) groups excluding carboxylic acids is 1. The molecule has 0 saturated heterocycles. The van der Waals surface area contributed by atoms with Crippen LogP contribution < -0.4 is 5.32 Å². The average Bonchev–Trinajstić information content (AvgIpc) is 2.77. The number of hydrogen-bond acceptors (Lipinski definition) is 2. The zero-order valence-electron chi connectivity index (χ0n) is 11.7. The van der Waals surface area contributed by atoms with Crippen molar-refractivity contribution in [3.8, 4) is 0 Å². The van der Waals surface area contributed by atoms with Crippen molar-refractivity contribution < 1.29 is 4.79 Å². The van der Waals surface area contributed by atoms with Crippen LogP contribution in [0, 0.1) is 18.8 Å². The lowest BCUT2D eigenvalue weighted by atomic mass is 9.80. The van der Waals surface area contributed by atoms with Gasteiger partial charge in [-0.05, 0) is 31.6 Å². The van der Waals surface area contributed by atoms with Crippen LogP contribution in [0.2, 0.25) is 0 Å². The highest BCUT2D eigenvalue weighted by atomic mass is 35.5. The van der Waals surface area contributed by atoms with Crippen molar-refractivity contribution in [2.24, 2.45) is 18.9 Å². The van der Waals surface area contributed by atoms with E-state index in [0.717, 1.165) is 12.2 Å². The van der Waals surface area contributed by atoms with E-state index in [0.29, 0.717) is 23.3 Å². The lowest BCUT2D eigenvalue weighted by molar-refractivity contribution is 0.0936. The number of nitrogens with one attached hydrogen (secondary N) is 1. The third kappa shape index (κ3) is 3.30. The summed E-state index contributed by atoms with van der Waals surface area (Å²) in [5.74, 6) is 1.74. The molecule has 1 amide bonds. The number of amides is 1. The molecule has 1 aliphatic carbocycles. The van der Waals surface area contributed by atoms with Crippen molar-refractivity contribution in [3.63, 3.8) is 0 Å². The van der Waals surface area contributed by atoms with Gasteiger partial charge in [-0.1, -0.05) is 12.8 Å². The van der Waals surface area contributed by atoms with Crippen LogP contribution in [0.25, 0.3) is 0 Å². The Morgan fingerprint density at radius 1 is 1.47 bits per heavy atom. The zero-order chi connectivity index (χ0) is 13.8. The Labute approximate surface area is 119 Å². The molecule has 2 unspecified atom stereocenters. The molecule has 0 aliphatic heterocycles. The van der Waals surface area contributed by atoms with E-state index in [9.17, 15) is 4.79 Å². The van der Waals surface area contributed by atoms with Gasteiger partial charge in [-0.25, -0.2) is 0 Å². The molecule has 0 bridgehead atoms. The van der Waals surface area contributed by atoms with Gasteiger partial charge in [-0.2, -0.15) is 5.10 Å². The minimum atomic E-state index is -0.0236.